The Morgan fingerprint density at radius 1 is 1.32 bits per heavy atom. The fourth-order valence-corrected chi connectivity index (χ4v) is 2.28. The van der Waals surface area contributed by atoms with Crippen molar-refractivity contribution in [2.24, 2.45) is 0 Å². The van der Waals surface area contributed by atoms with Gasteiger partial charge in [0.1, 0.15) is 12.3 Å². The summed E-state index contributed by atoms with van der Waals surface area (Å²) < 4.78 is 6.68. The zero-order valence-electron chi connectivity index (χ0n) is 13.0. The molecule has 116 valence electrons. The van der Waals surface area contributed by atoms with Gasteiger partial charge in [0.25, 0.3) is 5.56 Å². The number of ether oxygens (including phenoxy) is 1. The summed E-state index contributed by atoms with van der Waals surface area (Å²) in [5.41, 5.74) is 1.60. The number of pyridine rings is 1. The van der Waals surface area contributed by atoms with E-state index in [4.69, 9.17) is 4.74 Å². The van der Waals surface area contributed by atoms with Gasteiger partial charge in [-0.2, -0.15) is 0 Å². The van der Waals surface area contributed by atoms with E-state index in [-0.39, 0.29) is 24.1 Å². The van der Waals surface area contributed by atoms with E-state index in [1.54, 1.807) is 19.4 Å². The Kier molecular flexibility index (Phi) is 4.99. The summed E-state index contributed by atoms with van der Waals surface area (Å²) in [6.07, 6.45) is 1.63. The third-order valence-electron chi connectivity index (χ3n) is 3.45. The smallest absolute Gasteiger partial charge is 0.251 e. The summed E-state index contributed by atoms with van der Waals surface area (Å²) in [6, 6.07) is 10.6. The third kappa shape index (κ3) is 3.75. The van der Waals surface area contributed by atoms with E-state index in [9.17, 15) is 9.59 Å². The van der Waals surface area contributed by atoms with Gasteiger partial charge in [0, 0.05) is 17.8 Å². The molecule has 1 aromatic carbocycles. The molecule has 0 aliphatic rings. The second-order valence-electron chi connectivity index (χ2n) is 5.20. The first-order valence-corrected chi connectivity index (χ1v) is 7.10. The molecule has 0 aliphatic carbocycles. The van der Waals surface area contributed by atoms with Gasteiger partial charge in [-0.25, -0.2) is 0 Å². The number of methoxy groups -OCH3 is 1. The topological polar surface area (TPSA) is 60.3 Å². The van der Waals surface area contributed by atoms with Crippen LogP contribution in [0.5, 0.6) is 5.75 Å². The normalized spacial score (nSPS) is 11.8. The van der Waals surface area contributed by atoms with Gasteiger partial charge < -0.3 is 14.6 Å². The maximum atomic E-state index is 12.1. The number of carbonyl (C=O) groups is 1. The van der Waals surface area contributed by atoms with Crippen molar-refractivity contribution in [2.45, 2.75) is 26.4 Å². The quantitative estimate of drug-likeness (QED) is 0.919. The molecule has 0 fully saturated rings. The van der Waals surface area contributed by atoms with Gasteiger partial charge in [-0.1, -0.05) is 18.2 Å². The molecule has 2 aromatic rings. The van der Waals surface area contributed by atoms with Gasteiger partial charge in [-0.15, -0.1) is 0 Å². The van der Waals surface area contributed by atoms with Gasteiger partial charge in [0.2, 0.25) is 5.91 Å². The van der Waals surface area contributed by atoms with Crippen molar-refractivity contribution >= 4 is 5.91 Å². The highest BCUT2D eigenvalue weighted by molar-refractivity contribution is 5.76. The minimum atomic E-state index is -0.218. The molecular formula is C17H20N2O3. The van der Waals surface area contributed by atoms with E-state index in [1.165, 1.54) is 10.6 Å². The molecule has 0 spiro atoms. The molecule has 1 heterocycles. The number of nitrogens with zero attached hydrogens (tertiary/aromatic N) is 1. The average Bonchev–Trinajstić information content (AvgIpc) is 2.50. The van der Waals surface area contributed by atoms with Crippen LogP contribution in [0.2, 0.25) is 0 Å². The number of hydrogen-bond acceptors (Lipinski definition) is 3. The molecule has 5 heteroatoms. The summed E-state index contributed by atoms with van der Waals surface area (Å²) in [4.78, 5) is 23.9. The zero-order chi connectivity index (χ0) is 16.1. The van der Waals surface area contributed by atoms with E-state index in [0.717, 1.165) is 16.9 Å². The van der Waals surface area contributed by atoms with E-state index in [1.807, 2.05) is 38.1 Å². The maximum absolute atomic E-state index is 12.1. The van der Waals surface area contributed by atoms with Crippen LogP contribution in [0.25, 0.3) is 0 Å². The Bertz CT molecular complexity index is 722. The number of benzene rings is 1. The largest absolute Gasteiger partial charge is 0.496 e. The van der Waals surface area contributed by atoms with Crippen LogP contribution in [0.3, 0.4) is 0 Å². The number of aromatic nitrogens is 1. The van der Waals surface area contributed by atoms with Crippen LogP contribution in [0.1, 0.15) is 24.1 Å². The van der Waals surface area contributed by atoms with Crippen molar-refractivity contribution in [3.8, 4) is 5.75 Å². The molecule has 0 bridgehead atoms. The summed E-state index contributed by atoms with van der Waals surface area (Å²) >= 11 is 0. The molecule has 2 rings (SSSR count). The second-order valence-corrected chi connectivity index (χ2v) is 5.20. The molecule has 22 heavy (non-hydrogen) atoms. The third-order valence-corrected chi connectivity index (χ3v) is 3.45. The monoisotopic (exact) mass is 300 g/mol. The van der Waals surface area contributed by atoms with Crippen LogP contribution in [0, 0.1) is 6.92 Å². The molecule has 1 atom stereocenters. The van der Waals surface area contributed by atoms with Crippen molar-refractivity contribution in [3.05, 3.63) is 64.1 Å². The molecule has 1 unspecified atom stereocenters. The first-order chi connectivity index (χ1) is 10.5. The molecule has 5 nitrogen and oxygen atoms in total. The summed E-state index contributed by atoms with van der Waals surface area (Å²) in [6.45, 7) is 3.72. The molecule has 1 aromatic heterocycles. The fraction of sp³-hybridized carbons (Fsp3) is 0.294. The minimum Gasteiger partial charge on any atom is -0.496 e. The van der Waals surface area contributed by atoms with Crippen LogP contribution in [0.15, 0.2) is 47.4 Å². The molecule has 1 N–H and O–H groups in total. The number of hydrogen-bond donors (Lipinski definition) is 1. The van der Waals surface area contributed by atoms with Crippen molar-refractivity contribution < 1.29 is 9.53 Å². The maximum Gasteiger partial charge on any atom is 0.251 e. The minimum absolute atomic E-state index is 0.00139. The molecule has 0 saturated carbocycles. The van der Waals surface area contributed by atoms with Crippen molar-refractivity contribution in [1.82, 2.24) is 9.88 Å². The van der Waals surface area contributed by atoms with Crippen molar-refractivity contribution in [2.75, 3.05) is 7.11 Å². The number of amides is 1. The van der Waals surface area contributed by atoms with Crippen LogP contribution >= 0.6 is 0 Å². The number of carbonyl (C=O) groups excluding carboxylic acids is 1. The van der Waals surface area contributed by atoms with Crippen molar-refractivity contribution in [3.63, 3.8) is 0 Å². The van der Waals surface area contributed by atoms with Gasteiger partial charge >= 0.3 is 0 Å². The lowest BCUT2D eigenvalue weighted by atomic mass is 10.1. The number of para-hydroxylation sites is 1. The number of aryl methyl sites for hydroxylation is 1. The predicted octanol–water partition coefficient (Wildman–Crippen LogP) is 2.04. The average molecular weight is 300 g/mol. The molecule has 0 aliphatic heterocycles. The lowest BCUT2D eigenvalue weighted by Crippen LogP contribution is -2.33. The molecule has 0 saturated heterocycles. The Morgan fingerprint density at radius 2 is 2.05 bits per heavy atom. The van der Waals surface area contributed by atoms with Gasteiger partial charge in [0.05, 0.1) is 13.2 Å². The molecular weight excluding hydrogens is 280 g/mol. The summed E-state index contributed by atoms with van der Waals surface area (Å²) in [5.74, 6) is 0.507. The number of nitrogens with one attached hydrogen (secondary N) is 1. The van der Waals surface area contributed by atoms with E-state index < -0.39 is 0 Å². The standard InChI is InChI=1S/C17H20N2O3/c1-12-8-9-19(17(21)10-12)11-16(20)18-13(2)14-6-4-5-7-15(14)22-3/h4-10,13H,11H2,1-3H3,(H,18,20). The zero-order valence-corrected chi connectivity index (χ0v) is 13.0. The van der Waals surface area contributed by atoms with Gasteiger partial charge in [0.15, 0.2) is 0 Å². The van der Waals surface area contributed by atoms with Crippen LogP contribution in [-0.2, 0) is 11.3 Å². The van der Waals surface area contributed by atoms with E-state index >= 15 is 0 Å². The lowest BCUT2D eigenvalue weighted by Gasteiger charge is -2.17. The highest BCUT2D eigenvalue weighted by Crippen LogP contribution is 2.24. The fourth-order valence-electron chi connectivity index (χ4n) is 2.28. The van der Waals surface area contributed by atoms with Crippen LogP contribution in [-0.4, -0.2) is 17.6 Å². The Morgan fingerprint density at radius 3 is 2.73 bits per heavy atom. The SMILES string of the molecule is COc1ccccc1C(C)NC(=O)Cn1ccc(C)cc1=O. The predicted molar refractivity (Wildman–Crippen MR) is 85.0 cm³/mol. The Balaban J connectivity index is 2.07. The highest BCUT2D eigenvalue weighted by Gasteiger charge is 2.14. The van der Waals surface area contributed by atoms with Crippen LogP contribution < -0.4 is 15.6 Å². The number of rotatable bonds is 5. The molecule has 0 radical (unpaired) electrons. The Hall–Kier alpha value is -2.56. The second kappa shape index (κ2) is 6.93. The molecule has 1 amide bonds. The van der Waals surface area contributed by atoms with Crippen molar-refractivity contribution in [1.29, 1.82) is 0 Å². The van der Waals surface area contributed by atoms with Crippen LogP contribution in [0.4, 0.5) is 0 Å². The van der Waals surface area contributed by atoms with E-state index in [0.29, 0.717) is 0 Å². The summed E-state index contributed by atoms with van der Waals surface area (Å²) in [5, 5.41) is 2.88. The van der Waals surface area contributed by atoms with E-state index in [2.05, 4.69) is 5.32 Å². The first kappa shape index (κ1) is 15.8. The highest BCUT2D eigenvalue weighted by atomic mass is 16.5. The Labute approximate surface area is 129 Å². The summed E-state index contributed by atoms with van der Waals surface area (Å²) in [7, 11) is 1.60. The first-order valence-electron chi connectivity index (χ1n) is 7.10. The lowest BCUT2D eigenvalue weighted by molar-refractivity contribution is -0.122. The van der Waals surface area contributed by atoms with Gasteiger partial charge in [-0.3, -0.25) is 9.59 Å². The van der Waals surface area contributed by atoms with Gasteiger partial charge in [-0.05, 0) is 31.5 Å².